The fourth-order valence-electron chi connectivity index (χ4n) is 1.07. The molecule has 0 bridgehead atoms. The maximum Gasteiger partial charge on any atom is 0.358 e. The van der Waals surface area contributed by atoms with E-state index < -0.39 is 5.97 Å². The van der Waals surface area contributed by atoms with Crippen molar-refractivity contribution < 1.29 is 9.53 Å². The smallest absolute Gasteiger partial charge is 0.358 e. The molecule has 0 N–H and O–H groups in total. The third-order valence-electron chi connectivity index (χ3n) is 1.75. The Balaban J connectivity index is 3.29. The van der Waals surface area contributed by atoms with E-state index in [1.54, 1.807) is 19.1 Å². The molecule has 0 aliphatic carbocycles. The van der Waals surface area contributed by atoms with E-state index in [0.29, 0.717) is 0 Å². The first-order valence-electron chi connectivity index (χ1n) is 4.50. The van der Waals surface area contributed by atoms with E-state index in [1.807, 2.05) is 0 Å². The molecule has 0 aliphatic heterocycles. The lowest BCUT2D eigenvalue weighted by molar-refractivity contribution is 0.0517. The van der Waals surface area contributed by atoms with Gasteiger partial charge >= 0.3 is 5.97 Å². The number of aromatic nitrogens is 2. The van der Waals surface area contributed by atoms with Gasteiger partial charge in [-0.1, -0.05) is 0 Å². The van der Waals surface area contributed by atoms with Crippen LogP contribution < -0.4 is 0 Å². The van der Waals surface area contributed by atoms with Gasteiger partial charge in [-0.05, 0) is 13.8 Å². The summed E-state index contributed by atoms with van der Waals surface area (Å²) >= 11 is 0. The van der Waals surface area contributed by atoms with E-state index in [9.17, 15) is 4.79 Å². The summed E-state index contributed by atoms with van der Waals surface area (Å²) < 4.78 is 4.75. The molecule has 0 amide bonds. The molecule has 6 nitrogen and oxygen atoms in total. The van der Waals surface area contributed by atoms with Crippen molar-refractivity contribution in [2.45, 2.75) is 13.8 Å². The molecule has 0 aromatic carbocycles. The number of carbonyl (C=O) groups is 1. The summed E-state index contributed by atoms with van der Waals surface area (Å²) in [6.07, 6.45) is 0. The molecule has 0 aliphatic rings. The van der Waals surface area contributed by atoms with Gasteiger partial charge < -0.3 is 4.74 Å². The number of carbonyl (C=O) groups excluding carboxylic acids is 1. The van der Waals surface area contributed by atoms with Gasteiger partial charge in [-0.25, -0.2) is 14.8 Å². The SMILES string of the molecule is CCOC(=O)c1nc(C#N)c(C#N)nc1C. The lowest BCUT2D eigenvalue weighted by atomic mass is 10.2. The quantitative estimate of drug-likeness (QED) is 0.674. The maximum absolute atomic E-state index is 11.4. The van der Waals surface area contributed by atoms with Crippen LogP contribution in [0.15, 0.2) is 0 Å². The Morgan fingerprint density at radius 3 is 2.38 bits per heavy atom. The topological polar surface area (TPSA) is 99.7 Å². The van der Waals surface area contributed by atoms with Crippen molar-refractivity contribution in [1.82, 2.24) is 9.97 Å². The molecule has 1 aromatic rings. The Kier molecular flexibility index (Phi) is 3.52. The Labute approximate surface area is 92.1 Å². The van der Waals surface area contributed by atoms with Gasteiger partial charge in [0.2, 0.25) is 0 Å². The number of rotatable bonds is 2. The van der Waals surface area contributed by atoms with Crippen molar-refractivity contribution in [2.24, 2.45) is 0 Å². The van der Waals surface area contributed by atoms with E-state index in [2.05, 4.69) is 9.97 Å². The Hall–Kier alpha value is -2.47. The highest BCUT2D eigenvalue weighted by atomic mass is 16.5. The molecule has 1 rings (SSSR count). The third-order valence-corrected chi connectivity index (χ3v) is 1.75. The van der Waals surface area contributed by atoms with E-state index in [1.165, 1.54) is 6.92 Å². The van der Waals surface area contributed by atoms with Crippen LogP contribution in [0, 0.1) is 29.6 Å². The predicted octanol–water partition coefficient (Wildman–Crippen LogP) is 0.705. The normalized spacial score (nSPS) is 9.00. The molecule has 0 spiro atoms. The molecule has 0 saturated carbocycles. The molecule has 0 unspecified atom stereocenters. The van der Waals surface area contributed by atoms with Crippen LogP contribution in [0.2, 0.25) is 0 Å². The minimum absolute atomic E-state index is 0.0302. The third kappa shape index (κ3) is 2.12. The monoisotopic (exact) mass is 216 g/mol. The molecule has 6 heteroatoms. The van der Waals surface area contributed by atoms with Gasteiger partial charge in [0.15, 0.2) is 17.1 Å². The molecule has 16 heavy (non-hydrogen) atoms. The molecule has 1 heterocycles. The van der Waals surface area contributed by atoms with E-state index >= 15 is 0 Å². The minimum Gasteiger partial charge on any atom is -0.461 e. The van der Waals surface area contributed by atoms with Gasteiger partial charge in [0.1, 0.15) is 12.1 Å². The highest BCUT2D eigenvalue weighted by Gasteiger charge is 2.17. The first-order valence-corrected chi connectivity index (χ1v) is 4.50. The number of nitrogens with zero attached hydrogens (tertiary/aromatic N) is 4. The van der Waals surface area contributed by atoms with Crippen molar-refractivity contribution >= 4 is 5.97 Å². The lowest BCUT2D eigenvalue weighted by Crippen LogP contribution is -2.13. The first kappa shape index (κ1) is 11.6. The Bertz CT molecular complexity index is 511. The number of hydrogen-bond acceptors (Lipinski definition) is 6. The standard InChI is InChI=1S/C10H8N4O2/c1-3-16-10(15)9-6(2)13-7(4-11)8(5-12)14-9/h3H2,1-2H3. The van der Waals surface area contributed by atoms with Gasteiger partial charge in [-0.15, -0.1) is 0 Å². The van der Waals surface area contributed by atoms with Crippen LogP contribution in [0.3, 0.4) is 0 Å². The van der Waals surface area contributed by atoms with Crippen molar-refractivity contribution in [3.05, 3.63) is 22.8 Å². The molecule has 1 aromatic heterocycles. The number of ether oxygens (including phenoxy) is 1. The molecule has 80 valence electrons. The molecular formula is C10H8N4O2. The second-order valence-electron chi connectivity index (χ2n) is 2.80. The second-order valence-corrected chi connectivity index (χ2v) is 2.80. The summed E-state index contributed by atoms with van der Waals surface area (Å²) in [5.74, 6) is -0.645. The summed E-state index contributed by atoms with van der Waals surface area (Å²) in [5, 5.41) is 17.4. The molecule has 0 fully saturated rings. The zero-order chi connectivity index (χ0) is 12.1. The van der Waals surface area contributed by atoms with Crippen LogP contribution in [-0.2, 0) is 4.74 Å². The van der Waals surface area contributed by atoms with Gasteiger partial charge in [0.25, 0.3) is 0 Å². The fourth-order valence-corrected chi connectivity index (χ4v) is 1.07. The van der Waals surface area contributed by atoms with E-state index in [0.717, 1.165) is 0 Å². The number of nitriles is 2. The van der Waals surface area contributed by atoms with Crippen molar-refractivity contribution in [2.75, 3.05) is 6.61 Å². The zero-order valence-electron chi connectivity index (χ0n) is 8.81. The van der Waals surface area contributed by atoms with Crippen LogP contribution in [0.25, 0.3) is 0 Å². The van der Waals surface area contributed by atoms with Gasteiger partial charge in [-0.3, -0.25) is 0 Å². The van der Waals surface area contributed by atoms with Crippen molar-refractivity contribution in [3.8, 4) is 12.1 Å². The zero-order valence-corrected chi connectivity index (χ0v) is 8.81. The van der Waals surface area contributed by atoms with Gasteiger partial charge in [0, 0.05) is 0 Å². The number of aryl methyl sites for hydroxylation is 1. The Morgan fingerprint density at radius 2 is 1.88 bits per heavy atom. The van der Waals surface area contributed by atoms with Crippen LogP contribution in [0.1, 0.15) is 34.5 Å². The van der Waals surface area contributed by atoms with E-state index in [-0.39, 0.29) is 29.4 Å². The molecule has 0 radical (unpaired) electrons. The van der Waals surface area contributed by atoms with Gasteiger partial charge in [-0.2, -0.15) is 10.5 Å². The van der Waals surface area contributed by atoms with Crippen LogP contribution in [0.4, 0.5) is 0 Å². The van der Waals surface area contributed by atoms with Crippen LogP contribution in [0.5, 0.6) is 0 Å². The average Bonchev–Trinajstić information content (AvgIpc) is 2.28. The largest absolute Gasteiger partial charge is 0.461 e. The Morgan fingerprint density at radius 1 is 1.31 bits per heavy atom. The number of hydrogen-bond donors (Lipinski definition) is 0. The lowest BCUT2D eigenvalue weighted by Gasteiger charge is -2.04. The summed E-state index contributed by atoms with van der Waals surface area (Å²) in [6, 6.07) is 3.44. The van der Waals surface area contributed by atoms with Crippen LogP contribution >= 0.6 is 0 Å². The van der Waals surface area contributed by atoms with E-state index in [4.69, 9.17) is 15.3 Å². The highest BCUT2D eigenvalue weighted by molar-refractivity contribution is 5.88. The predicted molar refractivity (Wildman–Crippen MR) is 52.2 cm³/mol. The second kappa shape index (κ2) is 4.85. The maximum atomic E-state index is 11.4. The minimum atomic E-state index is -0.645. The summed E-state index contributed by atoms with van der Waals surface area (Å²) in [7, 11) is 0. The molecule has 0 atom stereocenters. The number of esters is 1. The summed E-state index contributed by atoms with van der Waals surface area (Å²) in [6.45, 7) is 3.40. The van der Waals surface area contributed by atoms with Crippen molar-refractivity contribution in [3.63, 3.8) is 0 Å². The van der Waals surface area contributed by atoms with Gasteiger partial charge in [0.05, 0.1) is 12.3 Å². The molecular weight excluding hydrogens is 208 g/mol. The average molecular weight is 216 g/mol. The first-order chi connectivity index (χ1) is 7.63. The van der Waals surface area contributed by atoms with Crippen molar-refractivity contribution in [1.29, 1.82) is 10.5 Å². The highest BCUT2D eigenvalue weighted by Crippen LogP contribution is 2.08. The summed E-state index contributed by atoms with van der Waals surface area (Å²) in [4.78, 5) is 19.0. The fraction of sp³-hybridized carbons (Fsp3) is 0.300. The molecule has 0 saturated heterocycles. The van der Waals surface area contributed by atoms with Crippen LogP contribution in [-0.4, -0.2) is 22.5 Å². The summed E-state index contributed by atoms with van der Waals surface area (Å²) in [5.41, 5.74) is -0.0180.